The lowest BCUT2D eigenvalue weighted by Gasteiger charge is -2.22. The molecule has 2 aromatic carbocycles. The van der Waals surface area contributed by atoms with Gasteiger partial charge in [0.15, 0.2) is 0 Å². The predicted octanol–water partition coefficient (Wildman–Crippen LogP) is 4.64. The molecule has 0 aliphatic carbocycles. The lowest BCUT2D eigenvalue weighted by molar-refractivity contribution is -0.385. The van der Waals surface area contributed by atoms with E-state index >= 15 is 0 Å². The third-order valence-electron chi connectivity index (χ3n) is 3.79. The van der Waals surface area contributed by atoms with Crippen LogP contribution in [0.1, 0.15) is 12.5 Å². The van der Waals surface area contributed by atoms with Crippen molar-refractivity contribution < 1.29 is 9.66 Å². The van der Waals surface area contributed by atoms with Gasteiger partial charge < -0.3 is 9.64 Å². The van der Waals surface area contributed by atoms with Crippen molar-refractivity contribution in [2.24, 2.45) is 0 Å². The smallest absolute Gasteiger partial charge is 0.373 e. The van der Waals surface area contributed by atoms with E-state index in [1.807, 2.05) is 44.2 Å². The molecule has 0 aliphatic heterocycles. The zero-order valence-electron chi connectivity index (χ0n) is 14.5. The number of rotatable bonds is 6. The van der Waals surface area contributed by atoms with Crippen LogP contribution < -0.4 is 9.64 Å². The first-order valence-electron chi connectivity index (χ1n) is 8.16. The van der Waals surface area contributed by atoms with E-state index in [2.05, 4.69) is 9.97 Å². The maximum Gasteiger partial charge on any atom is 0.373 e. The first kappa shape index (κ1) is 17.3. The average Bonchev–Trinajstić information content (AvgIpc) is 2.63. The standard InChI is InChI=1S/C19H18N4O3/c1-3-22(15-9-7-8-14(2)12-15)18-17(23(24)25)19(21-13-20-18)26-16-10-5-4-6-11-16/h4-13H,3H2,1-2H3. The summed E-state index contributed by atoms with van der Waals surface area (Å²) in [4.78, 5) is 21.2. The average molecular weight is 350 g/mol. The Morgan fingerprint density at radius 3 is 2.54 bits per heavy atom. The minimum atomic E-state index is -0.508. The van der Waals surface area contributed by atoms with E-state index in [0.717, 1.165) is 11.3 Å². The lowest BCUT2D eigenvalue weighted by atomic mass is 10.2. The molecule has 0 bridgehead atoms. The second-order valence-corrected chi connectivity index (χ2v) is 5.61. The monoisotopic (exact) mass is 350 g/mol. The molecule has 0 saturated carbocycles. The van der Waals surface area contributed by atoms with Crippen molar-refractivity contribution in [3.63, 3.8) is 0 Å². The summed E-state index contributed by atoms with van der Waals surface area (Å²) in [5, 5.41) is 11.8. The molecule has 3 aromatic rings. The van der Waals surface area contributed by atoms with Gasteiger partial charge in [-0.1, -0.05) is 30.3 Å². The molecule has 26 heavy (non-hydrogen) atoms. The lowest BCUT2D eigenvalue weighted by Crippen LogP contribution is -2.19. The molecule has 132 valence electrons. The zero-order chi connectivity index (χ0) is 18.5. The topological polar surface area (TPSA) is 81.4 Å². The van der Waals surface area contributed by atoms with Crippen molar-refractivity contribution in [2.45, 2.75) is 13.8 Å². The van der Waals surface area contributed by atoms with Crippen LogP contribution in [-0.2, 0) is 0 Å². The van der Waals surface area contributed by atoms with Crippen molar-refractivity contribution >= 4 is 17.2 Å². The summed E-state index contributed by atoms with van der Waals surface area (Å²) in [6.45, 7) is 4.38. The fraction of sp³-hybridized carbons (Fsp3) is 0.158. The number of nitrogens with zero attached hydrogens (tertiary/aromatic N) is 4. The molecule has 0 radical (unpaired) electrons. The molecule has 3 rings (SSSR count). The highest BCUT2D eigenvalue weighted by atomic mass is 16.6. The van der Waals surface area contributed by atoms with E-state index in [1.165, 1.54) is 6.33 Å². The fourth-order valence-electron chi connectivity index (χ4n) is 2.64. The highest BCUT2D eigenvalue weighted by molar-refractivity contribution is 5.71. The fourth-order valence-corrected chi connectivity index (χ4v) is 2.64. The van der Waals surface area contributed by atoms with Crippen LogP contribution in [0.4, 0.5) is 17.2 Å². The van der Waals surface area contributed by atoms with Crippen LogP contribution in [0.25, 0.3) is 0 Å². The number of nitro groups is 1. The van der Waals surface area contributed by atoms with E-state index in [0.29, 0.717) is 12.3 Å². The number of ether oxygens (including phenoxy) is 1. The third-order valence-corrected chi connectivity index (χ3v) is 3.79. The Labute approximate surface area is 151 Å². The van der Waals surface area contributed by atoms with Crippen LogP contribution in [0.2, 0.25) is 0 Å². The molecular formula is C19H18N4O3. The molecule has 7 heteroatoms. The molecule has 0 atom stereocenters. The number of benzene rings is 2. The molecule has 1 aromatic heterocycles. The summed E-state index contributed by atoms with van der Waals surface area (Å²) in [5.74, 6) is 0.584. The summed E-state index contributed by atoms with van der Waals surface area (Å²) in [6, 6.07) is 16.5. The Kier molecular flexibility index (Phi) is 5.07. The number of aryl methyl sites for hydroxylation is 1. The molecule has 0 amide bonds. The van der Waals surface area contributed by atoms with E-state index in [-0.39, 0.29) is 17.4 Å². The van der Waals surface area contributed by atoms with Gasteiger partial charge in [-0.05, 0) is 43.7 Å². The summed E-state index contributed by atoms with van der Waals surface area (Å²) in [5.41, 5.74) is 1.61. The Bertz CT molecular complexity index is 916. The Hall–Kier alpha value is -3.48. The summed E-state index contributed by atoms with van der Waals surface area (Å²) >= 11 is 0. The van der Waals surface area contributed by atoms with Gasteiger partial charge in [0.2, 0.25) is 5.82 Å². The van der Waals surface area contributed by atoms with Crippen LogP contribution >= 0.6 is 0 Å². The van der Waals surface area contributed by atoms with E-state index < -0.39 is 4.92 Å². The molecule has 0 fully saturated rings. The Balaban J connectivity index is 2.09. The Morgan fingerprint density at radius 1 is 1.12 bits per heavy atom. The van der Waals surface area contributed by atoms with Gasteiger partial charge in [-0.2, -0.15) is 4.98 Å². The zero-order valence-corrected chi connectivity index (χ0v) is 14.5. The van der Waals surface area contributed by atoms with Crippen molar-refractivity contribution in [1.29, 1.82) is 0 Å². The second kappa shape index (κ2) is 7.60. The highest BCUT2D eigenvalue weighted by Gasteiger charge is 2.29. The second-order valence-electron chi connectivity index (χ2n) is 5.61. The van der Waals surface area contributed by atoms with Crippen LogP contribution in [0.3, 0.4) is 0 Å². The van der Waals surface area contributed by atoms with Gasteiger partial charge in [-0.25, -0.2) is 4.98 Å². The van der Waals surface area contributed by atoms with Gasteiger partial charge in [-0.15, -0.1) is 0 Å². The maximum absolute atomic E-state index is 11.8. The van der Waals surface area contributed by atoms with Crippen LogP contribution in [0.5, 0.6) is 11.6 Å². The van der Waals surface area contributed by atoms with E-state index in [4.69, 9.17) is 4.74 Å². The van der Waals surface area contributed by atoms with Crippen molar-refractivity contribution in [3.05, 3.63) is 76.6 Å². The minimum absolute atomic E-state index is 0.0858. The van der Waals surface area contributed by atoms with Gasteiger partial charge in [0.25, 0.3) is 0 Å². The van der Waals surface area contributed by atoms with Crippen LogP contribution in [0.15, 0.2) is 60.9 Å². The van der Waals surface area contributed by atoms with Crippen LogP contribution in [-0.4, -0.2) is 21.4 Å². The number of aromatic nitrogens is 2. The molecule has 0 saturated heterocycles. The number of anilines is 2. The quantitative estimate of drug-likeness (QED) is 0.476. The largest absolute Gasteiger partial charge is 0.434 e. The Morgan fingerprint density at radius 2 is 1.88 bits per heavy atom. The van der Waals surface area contributed by atoms with Crippen molar-refractivity contribution in [2.75, 3.05) is 11.4 Å². The van der Waals surface area contributed by atoms with Crippen LogP contribution in [0, 0.1) is 17.0 Å². The molecule has 1 heterocycles. The first-order valence-corrected chi connectivity index (χ1v) is 8.16. The van der Waals surface area contributed by atoms with E-state index in [1.54, 1.807) is 29.2 Å². The normalized spacial score (nSPS) is 10.4. The minimum Gasteiger partial charge on any atom is -0.434 e. The molecule has 7 nitrogen and oxygen atoms in total. The first-order chi connectivity index (χ1) is 12.6. The molecule has 0 spiro atoms. The van der Waals surface area contributed by atoms with Gasteiger partial charge in [-0.3, -0.25) is 10.1 Å². The highest BCUT2D eigenvalue weighted by Crippen LogP contribution is 2.38. The SMILES string of the molecule is CCN(c1cccc(C)c1)c1ncnc(Oc2ccccc2)c1[N+](=O)[O-]. The predicted molar refractivity (Wildman–Crippen MR) is 99.1 cm³/mol. The molecule has 0 aliphatic rings. The third kappa shape index (κ3) is 3.61. The number of para-hydroxylation sites is 1. The van der Waals surface area contributed by atoms with E-state index in [9.17, 15) is 10.1 Å². The molecular weight excluding hydrogens is 332 g/mol. The van der Waals surface area contributed by atoms with Gasteiger partial charge >= 0.3 is 11.6 Å². The van der Waals surface area contributed by atoms with Gasteiger partial charge in [0.05, 0.1) is 4.92 Å². The van der Waals surface area contributed by atoms with Crippen molar-refractivity contribution in [3.8, 4) is 11.6 Å². The number of hydrogen-bond donors (Lipinski definition) is 0. The molecule has 0 N–H and O–H groups in total. The van der Waals surface area contributed by atoms with Gasteiger partial charge in [0, 0.05) is 12.2 Å². The maximum atomic E-state index is 11.8. The summed E-state index contributed by atoms with van der Waals surface area (Å²) < 4.78 is 5.65. The van der Waals surface area contributed by atoms with Gasteiger partial charge in [0.1, 0.15) is 12.1 Å². The summed E-state index contributed by atoms with van der Waals surface area (Å²) in [7, 11) is 0. The molecule has 0 unspecified atom stereocenters. The number of hydrogen-bond acceptors (Lipinski definition) is 6. The summed E-state index contributed by atoms with van der Waals surface area (Å²) in [6.07, 6.45) is 1.28. The van der Waals surface area contributed by atoms with Crippen molar-refractivity contribution in [1.82, 2.24) is 9.97 Å².